The van der Waals surface area contributed by atoms with E-state index in [4.69, 9.17) is 9.47 Å². The number of hydrogen-bond acceptors (Lipinski definition) is 8. The van der Waals surface area contributed by atoms with Crippen LogP contribution in [-0.4, -0.2) is 50.9 Å². The fourth-order valence-electron chi connectivity index (χ4n) is 1.93. The van der Waals surface area contributed by atoms with Crippen LogP contribution in [-0.2, 0) is 10.0 Å². The van der Waals surface area contributed by atoms with E-state index in [1.54, 1.807) is 0 Å². The van der Waals surface area contributed by atoms with Crippen LogP contribution in [0.5, 0.6) is 17.5 Å². The molecule has 0 saturated carbocycles. The minimum absolute atomic E-state index is 0.0573. The van der Waals surface area contributed by atoms with Gasteiger partial charge in [0, 0.05) is 0 Å². The number of ether oxygens (including phenoxy) is 3. The summed E-state index contributed by atoms with van der Waals surface area (Å²) in [4.78, 5) is 18.3. The highest BCUT2D eigenvalue weighted by atomic mass is 32.2. The van der Waals surface area contributed by atoms with Crippen molar-refractivity contribution < 1.29 is 49.4 Å². The molecule has 0 aliphatic carbocycles. The van der Waals surface area contributed by atoms with Crippen molar-refractivity contribution in [2.75, 3.05) is 19.5 Å². The minimum atomic E-state index is -6.11. The van der Waals surface area contributed by atoms with Gasteiger partial charge in [-0.2, -0.15) is 31.9 Å². The second-order valence-corrected chi connectivity index (χ2v) is 7.05. The molecular weight excluding hydrogens is 459 g/mol. The van der Waals surface area contributed by atoms with Crippen LogP contribution >= 0.6 is 0 Å². The maximum absolute atomic E-state index is 13.2. The van der Waals surface area contributed by atoms with E-state index in [1.807, 2.05) is 5.32 Å². The lowest BCUT2D eigenvalue weighted by Crippen LogP contribution is -2.42. The highest BCUT2D eigenvalue weighted by Gasteiger charge is 2.61. The number of carbonyl (C=O) groups excluding carboxylic acids is 1. The van der Waals surface area contributed by atoms with Gasteiger partial charge in [0.25, 0.3) is 10.0 Å². The molecule has 0 bridgehead atoms. The number of methoxy groups -OCH3 is 2. The number of alkyl halides is 5. The van der Waals surface area contributed by atoms with Crippen LogP contribution in [0.2, 0.25) is 0 Å². The summed E-state index contributed by atoms with van der Waals surface area (Å²) in [7, 11) is -2.49. The van der Waals surface area contributed by atoms with E-state index in [0.717, 1.165) is 12.1 Å². The number of benzene rings is 1. The van der Waals surface area contributed by atoms with Gasteiger partial charge in [-0.05, 0) is 12.1 Å². The van der Waals surface area contributed by atoms with E-state index in [0.29, 0.717) is 12.1 Å². The molecule has 1 aromatic carbocycles. The second-order valence-electron chi connectivity index (χ2n) is 5.40. The van der Waals surface area contributed by atoms with Crippen LogP contribution in [0.15, 0.2) is 35.2 Å². The molecule has 0 radical (unpaired) electrons. The van der Waals surface area contributed by atoms with Gasteiger partial charge >= 0.3 is 18.3 Å². The Bertz CT molecular complexity index is 1040. The number of carbonyl (C=O) groups is 1. The Balaban J connectivity index is 2.26. The van der Waals surface area contributed by atoms with E-state index in [2.05, 4.69) is 14.7 Å². The average molecular weight is 472 g/mol. The molecule has 1 heterocycles. The highest BCUT2D eigenvalue weighted by molar-refractivity contribution is 7.90. The van der Waals surface area contributed by atoms with Gasteiger partial charge in [-0.1, -0.05) is 12.1 Å². The molecule has 2 N–H and O–H groups in total. The third-order valence-electron chi connectivity index (χ3n) is 3.26. The maximum Gasteiger partial charge on any atom is 0.499 e. The fourth-order valence-corrected chi connectivity index (χ4v) is 2.96. The summed E-state index contributed by atoms with van der Waals surface area (Å²) in [5.41, 5.74) is 0. The lowest BCUT2D eigenvalue weighted by molar-refractivity contribution is -0.361. The van der Waals surface area contributed by atoms with Crippen molar-refractivity contribution >= 4 is 22.0 Å². The van der Waals surface area contributed by atoms with Gasteiger partial charge in [0.2, 0.25) is 17.7 Å². The summed E-state index contributed by atoms with van der Waals surface area (Å²) in [6.45, 7) is 0. The largest absolute Gasteiger partial charge is 0.499 e. The zero-order valence-electron chi connectivity index (χ0n) is 15.5. The monoisotopic (exact) mass is 472 g/mol. The smallest absolute Gasteiger partial charge is 0.481 e. The number of rotatable bonds is 7. The first kappa shape index (κ1) is 23.8. The fraction of sp³-hybridized carbons (Fsp3) is 0.267. The van der Waals surface area contributed by atoms with Gasteiger partial charge in [-0.25, -0.2) is 17.9 Å². The van der Waals surface area contributed by atoms with Gasteiger partial charge in [-0.3, -0.25) is 5.32 Å². The molecule has 0 atom stereocenters. The van der Waals surface area contributed by atoms with Crippen LogP contribution in [0, 0.1) is 0 Å². The summed E-state index contributed by atoms with van der Waals surface area (Å²) in [6, 6.07) is 2.96. The van der Waals surface area contributed by atoms with E-state index in [-0.39, 0.29) is 11.8 Å². The molecule has 170 valence electrons. The SMILES string of the molecule is COc1cc(OC)nc(NC(=O)NS(=O)(=O)c2ccccc2OC(F)(F)C(F)(F)F)n1. The first-order valence-corrected chi connectivity index (χ1v) is 9.31. The number of anilines is 1. The number of hydrogen-bond donors (Lipinski definition) is 2. The number of nitrogens with one attached hydrogen (secondary N) is 2. The van der Waals surface area contributed by atoms with Crippen molar-refractivity contribution in [1.82, 2.24) is 14.7 Å². The van der Waals surface area contributed by atoms with Crippen LogP contribution in [0.4, 0.5) is 32.7 Å². The average Bonchev–Trinajstić information content (AvgIpc) is 2.66. The van der Waals surface area contributed by atoms with Crippen LogP contribution in [0.25, 0.3) is 0 Å². The standard InChI is InChI=1S/C15H13F5N4O6S/c1-28-10-7-11(29-2)22-12(21-10)23-13(25)24-31(26,27)9-6-4-3-5-8(9)30-15(19,20)14(16,17)18/h3-7H,1-2H3,(H2,21,22,23,24,25). The van der Waals surface area contributed by atoms with Crippen molar-refractivity contribution in [3.63, 3.8) is 0 Å². The summed E-state index contributed by atoms with van der Waals surface area (Å²) in [5.74, 6) is -1.92. The van der Waals surface area contributed by atoms with Crippen LogP contribution < -0.4 is 24.2 Å². The molecule has 0 aliphatic heterocycles. The zero-order valence-corrected chi connectivity index (χ0v) is 16.3. The Hall–Kier alpha value is -3.43. The predicted octanol–water partition coefficient (Wildman–Crippen LogP) is 2.54. The van der Waals surface area contributed by atoms with Crippen molar-refractivity contribution in [1.29, 1.82) is 0 Å². The third-order valence-corrected chi connectivity index (χ3v) is 4.63. The molecule has 0 saturated heterocycles. The minimum Gasteiger partial charge on any atom is -0.481 e. The van der Waals surface area contributed by atoms with Gasteiger partial charge in [0.1, 0.15) is 10.6 Å². The molecule has 0 spiro atoms. The van der Waals surface area contributed by atoms with E-state index >= 15 is 0 Å². The Kier molecular flexibility index (Phi) is 6.73. The first-order valence-electron chi connectivity index (χ1n) is 7.82. The van der Waals surface area contributed by atoms with Gasteiger partial charge in [-0.15, -0.1) is 0 Å². The van der Waals surface area contributed by atoms with Gasteiger partial charge in [0.15, 0.2) is 0 Å². The van der Waals surface area contributed by atoms with Crippen LogP contribution in [0.1, 0.15) is 0 Å². The molecule has 2 amide bonds. The Morgan fingerprint density at radius 1 is 1.00 bits per heavy atom. The molecule has 0 unspecified atom stereocenters. The molecule has 0 fully saturated rings. The number of halogens is 5. The normalized spacial score (nSPS) is 12.1. The Labute approximate surface area is 171 Å². The van der Waals surface area contributed by atoms with E-state index in [1.165, 1.54) is 25.0 Å². The van der Waals surface area contributed by atoms with Gasteiger partial charge < -0.3 is 14.2 Å². The summed E-state index contributed by atoms with van der Waals surface area (Å²) < 4.78 is 103. The molecule has 2 aromatic rings. The quantitative estimate of drug-likeness (QED) is 0.589. The van der Waals surface area contributed by atoms with Crippen molar-refractivity contribution in [2.24, 2.45) is 0 Å². The van der Waals surface area contributed by atoms with Crippen LogP contribution in [0.3, 0.4) is 0 Å². The highest BCUT2D eigenvalue weighted by Crippen LogP contribution is 2.39. The summed E-state index contributed by atoms with van der Waals surface area (Å²) >= 11 is 0. The third kappa shape index (κ3) is 5.80. The van der Waals surface area contributed by atoms with Crippen molar-refractivity contribution in [3.05, 3.63) is 30.3 Å². The van der Waals surface area contributed by atoms with E-state index < -0.39 is 44.9 Å². The number of nitrogens with zero attached hydrogens (tertiary/aromatic N) is 2. The number of urea groups is 1. The Morgan fingerprint density at radius 3 is 2.06 bits per heavy atom. The zero-order chi connectivity index (χ0) is 23.4. The Morgan fingerprint density at radius 2 is 1.55 bits per heavy atom. The number of para-hydroxylation sites is 1. The van der Waals surface area contributed by atoms with E-state index in [9.17, 15) is 35.2 Å². The molecular formula is C15H13F5N4O6S. The van der Waals surface area contributed by atoms with Gasteiger partial charge in [0.05, 0.1) is 20.3 Å². The first-order chi connectivity index (χ1) is 14.3. The molecule has 1 aromatic heterocycles. The lowest BCUT2D eigenvalue weighted by Gasteiger charge is -2.21. The molecule has 31 heavy (non-hydrogen) atoms. The second kappa shape index (κ2) is 8.75. The summed E-state index contributed by atoms with van der Waals surface area (Å²) in [6.07, 6.45) is -11.8. The summed E-state index contributed by atoms with van der Waals surface area (Å²) in [5, 5.41) is 1.93. The number of amides is 2. The van der Waals surface area contributed by atoms with Crippen molar-refractivity contribution in [3.8, 4) is 17.5 Å². The lowest BCUT2D eigenvalue weighted by atomic mass is 10.3. The maximum atomic E-state index is 13.2. The number of sulfonamides is 1. The number of aromatic nitrogens is 2. The molecule has 0 aliphatic rings. The van der Waals surface area contributed by atoms with Crippen molar-refractivity contribution in [2.45, 2.75) is 17.2 Å². The molecule has 10 nitrogen and oxygen atoms in total. The molecule has 2 rings (SSSR count). The topological polar surface area (TPSA) is 129 Å². The predicted molar refractivity (Wildman–Crippen MR) is 92.5 cm³/mol. The molecule has 16 heteroatoms.